The van der Waals surface area contributed by atoms with Crippen molar-refractivity contribution in [1.29, 1.82) is 0 Å². The Hall–Kier alpha value is -3.32. The van der Waals surface area contributed by atoms with Crippen LogP contribution in [0.1, 0.15) is 49.0 Å². The normalized spacial score (nSPS) is 17.0. The molecule has 0 bridgehead atoms. The van der Waals surface area contributed by atoms with Gasteiger partial charge in [-0.2, -0.15) is 0 Å². The van der Waals surface area contributed by atoms with Crippen molar-refractivity contribution in [2.75, 3.05) is 38.1 Å². The summed E-state index contributed by atoms with van der Waals surface area (Å²) in [5, 5.41) is 3.26. The molecule has 2 heterocycles. The van der Waals surface area contributed by atoms with Crippen molar-refractivity contribution < 1.29 is 19.1 Å². The maximum Gasteiger partial charge on any atom is 0.253 e. The van der Waals surface area contributed by atoms with Gasteiger partial charge in [-0.3, -0.25) is 14.4 Å². The summed E-state index contributed by atoms with van der Waals surface area (Å²) in [5.74, 6) is 0.550. The van der Waals surface area contributed by atoms with Gasteiger partial charge in [0.2, 0.25) is 11.8 Å². The number of rotatable bonds is 6. The Balaban J connectivity index is 1.33. The van der Waals surface area contributed by atoms with Crippen LogP contribution in [0.15, 0.2) is 48.5 Å². The van der Waals surface area contributed by atoms with Gasteiger partial charge in [-0.15, -0.1) is 0 Å². The molecule has 4 rings (SSSR count). The number of piperidine rings is 1. The Morgan fingerprint density at radius 1 is 1.03 bits per heavy atom. The first-order chi connectivity index (χ1) is 17.3. The van der Waals surface area contributed by atoms with Crippen LogP contribution >= 0.6 is 11.6 Å². The first-order valence-electron chi connectivity index (χ1n) is 12.3. The van der Waals surface area contributed by atoms with E-state index in [4.69, 9.17) is 16.3 Å². The molecule has 0 radical (unpaired) electrons. The van der Waals surface area contributed by atoms with Crippen LogP contribution in [-0.4, -0.2) is 60.3 Å². The number of ether oxygens (including phenoxy) is 1. The molecule has 2 aliphatic rings. The van der Waals surface area contributed by atoms with E-state index in [2.05, 4.69) is 5.32 Å². The average molecular weight is 510 g/mol. The van der Waals surface area contributed by atoms with E-state index in [1.165, 1.54) is 6.92 Å². The Labute approximate surface area is 217 Å². The van der Waals surface area contributed by atoms with Gasteiger partial charge in [-0.25, -0.2) is 0 Å². The second-order valence-corrected chi connectivity index (χ2v) is 9.94. The number of benzene rings is 2. The molecule has 36 heavy (non-hydrogen) atoms. The van der Waals surface area contributed by atoms with Gasteiger partial charge in [0.25, 0.3) is 5.91 Å². The fourth-order valence-corrected chi connectivity index (χ4v) is 5.17. The molecule has 8 heteroatoms. The highest BCUT2D eigenvalue weighted by atomic mass is 35.5. The monoisotopic (exact) mass is 509 g/mol. The number of nitrogens with zero attached hydrogens (tertiary/aromatic N) is 2. The van der Waals surface area contributed by atoms with Crippen molar-refractivity contribution in [2.45, 2.75) is 33.1 Å². The van der Waals surface area contributed by atoms with E-state index in [-0.39, 0.29) is 23.1 Å². The molecule has 2 aliphatic heterocycles. The molecule has 0 aliphatic carbocycles. The molecule has 1 N–H and O–H groups in total. The summed E-state index contributed by atoms with van der Waals surface area (Å²) in [6.45, 7) is 6.73. The maximum atomic E-state index is 13.0. The number of hydrogen-bond donors (Lipinski definition) is 1. The number of amides is 3. The molecule has 2 aromatic rings. The minimum atomic E-state index is -0.202. The van der Waals surface area contributed by atoms with Crippen LogP contribution in [0.5, 0.6) is 5.75 Å². The van der Waals surface area contributed by atoms with Crippen LogP contribution in [0.4, 0.5) is 5.69 Å². The van der Waals surface area contributed by atoms with Gasteiger partial charge in [-0.1, -0.05) is 17.7 Å². The molecular formula is C28H32ClN3O4. The van der Waals surface area contributed by atoms with E-state index in [1.807, 2.05) is 41.0 Å². The standard InChI is InChI=1S/C28H32ClN3O4/c1-3-36-24-9-5-22(6-10-24)27(35)31-15-12-28(13-16-31)14-17-32(19-28)26(34)11-7-21-4-8-23(29)18-25(21)30-20(2)33/h4-11,18H,3,12-17,19H2,1-2H3,(H,30,33)/b11-7+. The number of carbonyl (C=O) groups is 3. The predicted octanol–water partition coefficient (Wildman–Crippen LogP) is 4.87. The number of nitrogens with one attached hydrogen (secondary N) is 1. The zero-order valence-electron chi connectivity index (χ0n) is 20.8. The first-order valence-corrected chi connectivity index (χ1v) is 12.7. The van der Waals surface area contributed by atoms with Gasteiger partial charge in [0, 0.05) is 55.5 Å². The SMILES string of the molecule is CCOc1ccc(C(=O)N2CCC3(CCN(C(=O)/C=C/c4ccc(Cl)cc4NC(C)=O)C3)CC2)cc1. The molecule has 190 valence electrons. The van der Waals surface area contributed by atoms with Gasteiger partial charge in [-0.05, 0) is 79.6 Å². The summed E-state index contributed by atoms with van der Waals surface area (Å²) in [6, 6.07) is 12.5. The van der Waals surface area contributed by atoms with Crippen molar-refractivity contribution in [3.8, 4) is 5.75 Å². The van der Waals surface area contributed by atoms with Gasteiger partial charge in [0.1, 0.15) is 5.75 Å². The summed E-state index contributed by atoms with van der Waals surface area (Å²) in [5.41, 5.74) is 2.02. The molecular weight excluding hydrogens is 478 g/mol. The van der Waals surface area contributed by atoms with E-state index >= 15 is 0 Å². The third-order valence-electron chi connectivity index (χ3n) is 7.01. The minimum absolute atomic E-state index is 0.0414. The Kier molecular flexibility index (Phi) is 7.99. The van der Waals surface area contributed by atoms with Crippen molar-refractivity contribution in [2.24, 2.45) is 5.41 Å². The van der Waals surface area contributed by atoms with Gasteiger partial charge >= 0.3 is 0 Å². The van der Waals surface area contributed by atoms with E-state index in [0.717, 1.165) is 30.6 Å². The van der Waals surface area contributed by atoms with Crippen molar-refractivity contribution in [3.05, 3.63) is 64.7 Å². The molecule has 2 saturated heterocycles. The minimum Gasteiger partial charge on any atom is -0.494 e. The highest BCUT2D eigenvalue weighted by Crippen LogP contribution is 2.40. The Morgan fingerprint density at radius 2 is 1.69 bits per heavy atom. The molecule has 7 nitrogen and oxygen atoms in total. The lowest BCUT2D eigenvalue weighted by atomic mass is 9.77. The highest BCUT2D eigenvalue weighted by Gasteiger charge is 2.42. The van der Waals surface area contributed by atoms with Crippen molar-refractivity contribution in [3.63, 3.8) is 0 Å². The maximum absolute atomic E-state index is 13.0. The fourth-order valence-electron chi connectivity index (χ4n) is 5.00. The lowest BCUT2D eigenvalue weighted by molar-refractivity contribution is -0.125. The topological polar surface area (TPSA) is 79.0 Å². The average Bonchev–Trinajstić information content (AvgIpc) is 3.27. The summed E-state index contributed by atoms with van der Waals surface area (Å²) in [6.07, 6.45) is 5.97. The number of hydrogen-bond acceptors (Lipinski definition) is 4. The van der Waals surface area contributed by atoms with E-state index in [0.29, 0.717) is 49.1 Å². The summed E-state index contributed by atoms with van der Waals surface area (Å²) >= 11 is 6.05. The third-order valence-corrected chi connectivity index (χ3v) is 7.24. The second-order valence-electron chi connectivity index (χ2n) is 9.51. The largest absolute Gasteiger partial charge is 0.494 e. The number of anilines is 1. The predicted molar refractivity (Wildman–Crippen MR) is 141 cm³/mol. The van der Waals surface area contributed by atoms with Gasteiger partial charge in [0.05, 0.1) is 6.61 Å². The number of halogens is 1. The van der Waals surface area contributed by atoms with E-state index < -0.39 is 0 Å². The molecule has 3 amide bonds. The van der Waals surface area contributed by atoms with Gasteiger partial charge < -0.3 is 19.9 Å². The second kappa shape index (κ2) is 11.2. The number of carbonyl (C=O) groups excluding carboxylic acids is 3. The molecule has 2 aromatic carbocycles. The van der Waals surface area contributed by atoms with Crippen LogP contribution in [0, 0.1) is 5.41 Å². The summed E-state index contributed by atoms with van der Waals surface area (Å²) in [4.78, 5) is 41.2. The zero-order valence-corrected chi connectivity index (χ0v) is 21.5. The highest BCUT2D eigenvalue weighted by molar-refractivity contribution is 6.31. The van der Waals surface area contributed by atoms with Crippen LogP contribution in [-0.2, 0) is 9.59 Å². The molecule has 2 fully saturated rings. The smallest absolute Gasteiger partial charge is 0.253 e. The lowest BCUT2D eigenvalue weighted by Crippen LogP contribution is -2.44. The van der Waals surface area contributed by atoms with Crippen molar-refractivity contribution in [1.82, 2.24) is 9.80 Å². The zero-order chi connectivity index (χ0) is 25.7. The Morgan fingerprint density at radius 3 is 2.33 bits per heavy atom. The molecule has 0 aromatic heterocycles. The van der Waals surface area contributed by atoms with Crippen LogP contribution in [0.3, 0.4) is 0 Å². The lowest BCUT2D eigenvalue weighted by Gasteiger charge is -2.39. The Bertz CT molecular complexity index is 1150. The summed E-state index contributed by atoms with van der Waals surface area (Å²) in [7, 11) is 0. The van der Waals surface area contributed by atoms with Crippen molar-refractivity contribution >= 4 is 41.1 Å². The summed E-state index contributed by atoms with van der Waals surface area (Å²) < 4.78 is 5.46. The van der Waals surface area contributed by atoms with Crippen LogP contribution in [0.25, 0.3) is 6.08 Å². The third kappa shape index (κ3) is 6.08. The fraction of sp³-hybridized carbons (Fsp3) is 0.393. The molecule has 0 unspecified atom stereocenters. The molecule has 1 spiro atoms. The number of likely N-dealkylation sites (tertiary alicyclic amines) is 2. The van der Waals surface area contributed by atoms with Gasteiger partial charge in [0.15, 0.2) is 0 Å². The van der Waals surface area contributed by atoms with Crippen LogP contribution < -0.4 is 10.1 Å². The molecule has 0 saturated carbocycles. The van der Waals surface area contributed by atoms with E-state index in [9.17, 15) is 14.4 Å². The van der Waals surface area contributed by atoms with E-state index in [1.54, 1.807) is 30.4 Å². The molecule has 0 atom stereocenters. The van der Waals surface area contributed by atoms with Crippen LogP contribution in [0.2, 0.25) is 5.02 Å². The quantitative estimate of drug-likeness (QED) is 0.564. The first kappa shape index (κ1) is 25.8.